The number of rotatable bonds is 28. The monoisotopic (exact) mass is 1350 g/mol. The van der Waals surface area contributed by atoms with E-state index in [2.05, 4.69) is 0 Å². The zero-order valence-corrected chi connectivity index (χ0v) is 54.0. The third-order valence-corrected chi connectivity index (χ3v) is 14.0. The second-order valence-electron chi connectivity index (χ2n) is 21.8. The second kappa shape index (κ2) is 36.0. The van der Waals surface area contributed by atoms with Crippen molar-refractivity contribution >= 4 is 71.6 Å². The fraction of sp³-hybridized carbons (Fsp3) is 0.613. The second-order valence-corrected chi connectivity index (χ2v) is 21.8. The number of benzene rings is 2. The highest BCUT2D eigenvalue weighted by Crippen LogP contribution is 2.40. The van der Waals surface area contributed by atoms with Crippen LogP contribution in [0.1, 0.15) is 94.2 Å². The van der Waals surface area contributed by atoms with Crippen molar-refractivity contribution < 1.29 is 157 Å². The van der Waals surface area contributed by atoms with Crippen molar-refractivity contribution in [2.75, 3.05) is 26.4 Å². The Morgan fingerprint density at radius 1 is 0.263 bits per heavy atom. The number of ether oxygens (including phenoxy) is 21. The summed E-state index contributed by atoms with van der Waals surface area (Å²) in [7, 11) is 0. The third-order valence-electron chi connectivity index (χ3n) is 14.0. The van der Waals surface area contributed by atoms with E-state index in [9.17, 15) is 57.5 Å². The van der Waals surface area contributed by atoms with Gasteiger partial charge in [0.25, 0.3) is 0 Å². The molecule has 0 radical (unpaired) electrons. The number of carbonyl (C=O) groups is 12. The molecule has 4 aliphatic heterocycles. The van der Waals surface area contributed by atoms with Crippen LogP contribution in [0.15, 0.2) is 60.7 Å². The Hall–Kier alpha value is -8.28. The Bertz CT molecular complexity index is 2980. The summed E-state index contributed by atoms with van der Waals surface area (Å²) in [5, 5.41) is 0. The van der Waals surface area contributed by atoms with E-state index < -0.39 is 221 Å². The minimum absolute atomic E-state index is 0.323. The van der Waals surface area contributed by atoms with Crippen LogP contribution in [0.5, 0.6) is 0 Å². The van der Waals surface area contributed by atoms with Gasteiger partial charge in [0.2, 0.25) is 6.29 Å². The van der Waals surface area contributed by atoms with Crippen LogP contribution in [0.4, 0.5) is 0 Å². The quantitative estimate of drug-likeness (QED) is 0.0861. The molecule has 6 rings (SSSR count). The van der Waals surface area contributed by atoms with Gasteiger partial charge in [-0.2, -0.15) is 0 Å². The minimum Gasteiger partial charge on any atom is -0.463 e. The lowest BCUT2D eigenvalue weighted by Crippen LogP contribution is -2.68. The van der Waals surface area contributed by atoms with E-state index in [0.717, 1.165) is 83.1 Å². The fourth-order valence-electron chi connectivity index (χ4n) is 10.6. The molecule has 33 nitrogen and oxygen atoms in total. The molecule has 95 heavy (non-hydrogen) atoms. The average Bonchev–Trinajstić information content (AvgIpc) is 0.772. The fourth-order valence-corrected chi connectivity index (χ4v) is 10.6. The molecular formula is C62H78O33. The average molecular weight is 1350 g/mol. The van der Waals surface area contributed by atoms with Crippen LogP contribution in [0, 0.1) is 0 Å². The van der Waals surface area contributed by atoms with Crippen molar-refractivity contribution in [3.63, 3.8) is 0 Å². The van der Waals surface area contributed by atoms with E-state index in [4.69, 9.17) is 99.5 Å². The van der Waals surface area contributed by atoms with Crippen LogP contribution < -0.4 is 0 Å². The number of hydrogen-bond acceptors (Lipinski definition) is 33. The Balaban J connectivity index is 1.64. The standard InChI is InChI=1S/C62H78O33/c1-29(63)75-25-43-48(81-32(4)66)52(84-35(7)69)56(87-38(10)72)59(90-43)80-28-46-47(94-61-57(88-39(11)73)53(85-36(8)70)49(82-33(5)67)44(92-61)26-76-30(2)64)51(78-23-41-19-15-13-16-20-41)55(79-24-42-21-17-14-18-22-42)60(91-46)95-62-58(89-40(12)74)54(86-37(9)71)50(83-34(6)68)45(93-62)27-77-31(3)65/h13-22,43-62H,23-28H2,1-12H3/t43-,44-,45-,46-,47-,48-,49-,50-,51+,52+,53+,54+,55+,56+,57+,58+,59+,60-,61-,62-/m1/s1. The molecule has 33 heteroatoms. The molecule has 0 unspecified atom stereocenters. The zero-order chi connectivity index (χ0) is 69.8. The molecular weight excluding hydrogens is 1270 g/mol. The first-order valence-electron chi connectivity index (χ1n) is 29.8. The normalized spacial score (nSPS) is 30.3. The summed E-state index contributed by atoms with van der Waals surface area (Å²) in [4.78, 5) is 154. The zero-order valence-electron chi connectivity index (χ0n) is 54.0. The highest BCUT2D eigenvalue weighted by Gasteiger charge is 2.60. The molecule has 0 spiro atoms. The summed E-state index contributed by atoms with van der Waals surface area (Å²) in [6, 6.07) is 17.0. The predicted octanol–water partition coefficient (Wildman–Crippen LogP) is 1.55. The lowest BCUT2D eigenvalue weighted by Gasteiger charge is -2.51. The summed E-state index contributed by atoms with van der Waals surface area (Å²) in [6.07, 6.45) is -36.1. The van der Waals surface area contributed by atoms with Gasteiger partial charge in [-0.05, 0) is 11.1 Å². The molecule has 0 amide bonds. The molecule has 0 saturated carbocycles. The van der Waals surface area contributed by atoms with Gasteiger partial charge in [-0.3, -0.25) is 57.5 Å². The van der Waals surface area contributed by atoms with Gasteiger partial charge < -0.3 is 99.5 Å². The number of hydrogen-bond donors (Lipinski definition) is 0. The molecule has 4 fully saturated rings. The maximum absolute atomic E-state index is 13.3. The molecule has 2 aromatic rings. The first-order chi connectivity index (χ1) is 45.0. The maximum Gasteiger partial charge on any atom is 0.303 e. The highest BCUT2D eigenvalue weighted by atomic mass is 16.8. The molecule has 20 atom stereocenters. The van der Waals surface area contributed by atoms with Gasteiger partial charge in [-0.15, -0.1) is 0 Å². The van der Waals surface area contributed by atoms with E-state index in [-0.39, 0.29) is 13.2 Å². The predicted molar refractivity (Wildman–Crippen MR) is 306 cm³/mol. The summed E-state index contributed by atoms with van der Waals surface area (Å²) >= 11 is 0. The minimum atomic E-state index is -2.05. The van der Waals surface area contributed by atoms with E-state index >= 15 is 0 Å². The lowest BCUT2D eigenvalue weighted by molar-refractivity contribution is -0.402. The van der Waals surface area contributed by atoms with E-state index in [1.807, 2.05) is 0 Å². The lowest BCUT2D eigenvalue weighted by atomic mass is 9.95. The SMILES string of the molecule is CC(=O)OC[C@H]1O[C@H](OC[C@H]2O[C@H](O[C@H]3O[C@H](COC(C)=O)[C@@H](OC(C)=O)[C@H](OC(C)=O)[C@@H]3OC(C)=O)[C@@H](OCc3ccccc3)[C@@H](OCc3ccccc3)[C@@H]2O[C@H]2O[C@H](COC(C)=O)[C@@H](OC(C)=O)[C@H](OC(C)=O)[C@@H]2OC(C)=O)[C@@H](OC(C)=O)[C@@H](OC(C)=O)[C@@H]1OC(C)=O. The molecule has 2 aromatic carbocycles. The maximum atomic E-state index is 13.3. The van der Waals surface area contributed by atoms with Crippen LogP contribution in [0.3, 0.4) is 0 Å². The molecule has 4 heterocycles. The van der Waals surface area contributed by atoms with Gasteiger partial charge in [-0.1, -0.05) is 60.7 Å². The van der Waals surface area contributed by atoms with Gasteiger partial charge in [0.05, 0.1) is 19.8 Å². The Labute approximate surface area is 544 Å². The third kappa shape index (κ3) is 23.0. The van der Waals surface area contributed by atoms with Gasteiger partial charge in [0, 0.05) is 83.1 Å². The van der Waals surface area contributed by atoms with Crippen LogP contribution in [-0.4, -0.2) is 221 Å². The molecule has 0 bridgehead atoms. The number of esters is 12. The van der Waals surface area contributed by atoms with Crippen LogP contribution in [0.2, 0.25) is 0 Å². The molecule has 524 valence electrons. The highest BCUT2D eigenvalue weighted by molar-refractivity contribution is 5.71. The van der Waals surface area contributed by atoms with E-state index in [1.165, 1.54) is 0 Å². The van der Waals surface area contributed by atoms with Crippen LogP contribution in [-0.2, 0) is 170 Å². The van der Waals surface area contributed by atoms with E-state index in [1.54, 1.807) is 60.7 Å². The van der Waals surface area contributed by atoms with Crippen molar-refractivity contribution in [3.05, 3.63) is 71.8 Å². The van der Waals surface area contributed by atoms with E-state index in [0.29, 0.717) is 11.1 Å². The van der Waals surface area contributed by atoms with Crippen LogP contribution >= 0.6 is 0 Å². The summed E-state index contributed by atoms with van der Waals surface area (Å²) in [5.41, 5.74) is 1.03. The van der Waals surface area contributed by atoms with Crippen molar-refractivity contribution in [2.24, 2.45) is 0 Å². The Morgan fingerprint density at radius 3 is 0.853 bits per heavy atom. The smallest absolute Gasteiger partial charge is 0.303 e. The van der Waals surface area contributed by atoms with Gasteiger partial charge >= 0.3 is 71.6 Å². The van der Waals surface area contributed by atoms with Crippen molar-refractivity contribution in [3.8, 4) is 0 Å². The van der Waals surface area contributed by atoms with Crippen LogP contribution in [0.25, 0.3) is 0 Å². The van der Waals surface area contributed by atoms with Gasteiger partial charge in [-0.25, -0.2) is 0 Å². The Morgan fingerprint density at radius 2 is 0.526 bits per heavy atom. The Kier molecular flexibility index (Phi) is 28.7. The first kappa shape index (κ1) is 75.7. The van der Waals surface area contributed by atoms with Crippen molar-refractivity contribution in [1.29, 1.82) is 0 Å². The molecule has 0 aliphatic carbocycles. The van der Waals surface area contributed by atoms with Crippen molar-refractivity contribution in [1.82, 2.24) is 0 Å². The topological polar surface area (TPSA) is 399 Å². The van der Waals surface area contributed by atoms with Gasteiger partial charge in [0.1, 0.15) is 62.5 Å². The molecule has 4 aliphatic rings. The summed E-state index contributed by atoms with van der Waals surface area (Å²) in [5.74, 6) is -11.5. The molecule has 0 aromatic heterocycles. The molecule has 4 saturated heterocycles. The summed E-state index contributed by atoms with van der Waals surface area (Å²) in [6.45, 7) is 8.42. The first-order valence-corrected chi connectivity index (χ1v) is 29.8. The largest absolute Gasteiger partial charge is 0.463 e. The van der Waals surface area contributed by atoms with Crippen molar-refractivity contribution in [2.45, 2.75) is 219 Å². The number of carbonyl (C=O) groups excluding carboxylic acids is 12. The summed E-state index contributed by atoms with van der Waals surface area (Å²) < 4.78 is 127. The molecule has 0 N–H and O–H groups in total. The van der Waals surface area contributed by atoms with Gasteiger partial charge in [0.15, 0.2) is 73.8 Å².